The second kappa shape index (κ2) is 9.26. The van der Waals surface area contributed by atoms with Crippen molar-refractivity contribution in [2.45, 2.75) is 38.1 Å². The summed E-state index contributed by atoms with van der Waals surface area (Å²) in [6.07, 6.45) is 2.04. The topological polar surface area (TPSA) is 72.9 Å². The minimum absolute atomic E-state index is 0.0558. The van der Waals surface area contributed by atoms with E-state index in [1.54, 1.807) is 11.8 Å². The summed E-state index contributed by atoms with van der Waals surface area (Å²) in [6, 6.07) is 16.0. The standard InChI is InChI=1S/C22H28N4OS/c1-15(2)16-8-10-17(11-9-16)18(23)12-24-22(27)13-26-20-7-5-4-6-19(20)25-21(26)14-28-3/h4-11,15,18H,12-14,23H2,1-3H3,(H,24,27). The van der Waals surface area contributed by atoms with E-state index in [-0.39, 0.29) is 18.5 Å². The first kappa shape index (κ1) is 20.4. The molecular formula is C22H28N4OS. The van der Waals surface area contributed by atoms with Crippen molar-refractivity contribution in [2.75, 3.05) is 12.8 Å². The van der Waals surface area contributed by atoms with Crippen molar-refractivity contribution in [1.29, 1.82) is 0 Å². The number of nitrogens with one attached hydrogen (secondary N) is 1. The molecule has 1 amide bonds. The average molecular weight is 397 g/mol. The summed E-state index contributed by atoms with van der Waals surface area (Å²) in [5.74, 6) is 2.12. The summed E-state index contributed by atoms with van der Waals surface area (Å²) in [5, 5.41) is 2.97. The second-order valence-corrected chi connectivity index (χ2v) is 8.13. The van der Waals surface area contributed by atoms with Crippen molar-refractivity contribution in [1.82, 2.24) is 14.9 Å². The van der Waals surface area contributed by atoms with Gasteiger partial charge in [0, 0.05) is 12.6 Å². The van der Waals surface area contributed by atoms with Gasteiger partial charge < -0.3 is 15.6 Å². The van der Waals surface area contributed by atoms with E-state index in [1.165, 1.54) is 5.56 Å². The number of hydrogen-bond acceptors (Lipinski definition) is 4. The van der Waals surface area contributed by atoms with Crippen LogP contribution in [-0.2, 0) is 17.1 Å². The van der Waals surface area contributed by atoms with Gasteiger partial charge in [-0.05, 0) is 35.4 Å². The molecule has 1 heterocycles. The summed E-state index contributed by atoms with van der Waals surface area (Å²) >= 11 is 1.69. The molecule has 0 saturated heterocycles. The summed E-state index contributed by atoms with van der Waals surface area (Å²) in [6.45, 7) is 4.99. The number of hydrogen-bond donors (Lipinski definition) is 2. The zero-order valence-electron chi connectivity index (χ0n) is 16.7. The number of fused-ring (bicyclic) bond motifs is 1. The Labute approximate surface area is 170 Å². The number of amides is 1. The Morgan fingerprint density at radius 3 is 2.50 bits per heavy atom. The lowest BCUT2D eigenvalue weighted by Gasteiger charge is -2.15. The fourth-order valence-electron chi connectivity index (χ4n) is 3.21. The van der Waals surface area contributed by atoms with Crippen LogP contribution in [0.2, 0.25) is 0 Å². The van der Waals surface area contributed by atoms with Crippen molar-refractivity contribution in [3.05, 3.63) is 65.5 Å². The van der Waals surface area contributed by atoms with Crippen LogP contribution in [0.4, 0.5) is 0 Å². The van der Waals surface area contributed by atoms with E-state index >= 15 is 0 Å². The third-order valence-corrected chi connectivity index (χ3v) is 5.41. The maximum absolute atomic E-state index is 12.6. The molecule has 28 heavy (non-hydrogen) atoms. The van der Waals surface area contributed by atoms with Crippen LogP contribution in [0, 0.1) is 0 Å². The Balaban J connectivity index is 1.64. The van der Waals surface area contributed by atoms with Crippen LogP contribution in [0.3, 0.4) is 0 Å². The fraction of sp³-hybridized carbons (Fsp3) is 0.364. The minimum atomic E-state index is -0.227. The molecule has 6 heteroatoms. The predicted octanol–water partition coefficient (Wildman–Crippen LogP) is 3.84. The summed E-state index contributed by atoms with van der Waals surface area (Å²) < 4.78 is 1.99. The van der Waals surface area contributed by atoms with Gasteiger partial charge in [0.25, 0.3) is 0 Å². The van der Waals surface area contributed by atoms with E-state index in [0.29, 0.717) is 12.5 Å². The normalized spacial score (nSPS) is 12.5. The molecule has 0 radical (unpaired) electrons. The quantitative estimate of drug-likeness (QED) is 0.607. The number of imidazole rings is 1. The zero-order chi connectivity index (χ0) is 20.1. The smallest absolute Gasteiger partial charge is 0.240 e. The number of thioether (sulfide) groups is 1. The molecule has 1 atom stereocenters. The first-order valence-electron chi connectivity index (χ1n) is 9.54. The number of aromatic nitrogens is 2. The van der Waals surface area contributed by atoms with Crippen LogP contribution in [0.5, 0.6) is 0 Å². The van der Waals surface area contributed by atoms with Crippen LogP contribution in [0.1, 0.15) is 42.8 Å². The summed E-state index contributed by atoms with van der Waals surface area (Å²) in [7, 11) is 0. The molecule has 148 valence electrons. The third-order valence-electron chi connectivity index (χ3n) is 4.86. The van der Waals surface area contributed by atoms with Gasteiger partial charge in [-0.3, -0.25) is 4.79 Å². The number of nitrogens with zero attached hydrogens (tertiary/aromatic N) is 2. The highest BCUT2D eigenvalue weighted by atomic mass is 32.2. The highest BCUT2D eigenvalue weighted by molar-refractivity contribution is 7.97. The van der Waals surface area contributed by atoms with Gasteiger partial charge >= 0.3 is 0 Å². The van der Waals surface area contributed by atoms with E-state index in [2.05, 4.69) is 36.3 Å². The van der Waals surface area contributed by atoms with Crippen LogP contribution in [-0.4, -0.2) is 28.3 Å². The monoisotopic (exact) mass is 396 g/mol. The van der Waals surface area contributed by atoms with Crippen molar-refractivity contribution in [2.24, 2.45) is 5.73 Å². The molecule has 0 bridgehead atoms. The van der Waals surface area contributed by atoms with Gasteiger partial charge in [0.2, 0.25) is 5.91 Å². The molecule has 0 aliphatic rings. The maximum Gasteiger partial charge on any atom is 0.240 e. The van der Waals surface area contributed by atoms with E-state index in [4.69, 9.17) is 5.73 Å². The molecule has 0 aliphatic heterocycles. The molecule has 0 spiro atoms. The maximum atomic E-state index is 12.6. The van der Waals surface area contributed by atoms with E-state index in [9.17, 15) is 4.79 Å². The van der Waals surface area contributed by atoms with Gasteiger partial charge in [0.05, 0.1) is 16.8 Å². The molecule has 0 fully saturated rings. The van der Waals surface area contributed by atoms with E-state index < -0.39 is 0 Å². The largest absolute Gasteiger partial charge is 0.353 e. The Kier molecular flexibility index (Phi) is 6.75. The predicted molar refractivity (Wildman–Crippen MR) is 117 cm³/mol. The summed E-state index contributed by atoms with van der Waals surface area (Å²) in [5.41, 5.74) is 10.5. The lowest BCUT2D eigenvalue weighted by atomic mass is 9.99. The molecule has 0 saturated carbocycles. The number of nitrogens with two attached hydrogens (primary N) is 1. The Hall–Kier alpha value is -2.31. The Morgan fingerprint density at radius 1 is 1.14 bits per heavy atom. The van der Waals surface area contributed by atoms with Crippen molar-refractivity contribution >= 4 is 28.7 Å². The van der Waals surface area contributed by atoms with E-state index in [1.807, 2.05) is 47.2 Å². The number of carbonyl (C=O) groups excluding carboxylic acids is 1. The average Bonchev–Trinajstić information content (AvgIpc) is 3.03. The van der Waals surface area contributed by atoms with Gasteiger partial charge in [-0.15, -0.1) is 0 Å². The highest BCUT2D eigenvalue weighted by Crippen LogP contribution is 2.19. The first-order chi connectivity index (χ1) is 13.5. The number of benzene rings is 2. The molecule has 3 N–H and O–H groups in total. The molecular weight excluding hydrogens is 368 g/mol. The van der Waals surface area contributed by atoms with E-state index in [0.717, 1.165) is 28.2 Å². The van der Waals surface area contributed by atoms with Crippen molar-refractivity contribution in [3.8, 4) is 0 Å². The van der Waals surface area contributed by atoms with Gasteiger partial charge in [-0.2, -0.15) is 11.8 Å². The Morgan fingerprint density at radius 2 is 1.82 bits per heavy atom. The van der Waals surface area contributed by atoms with Gasteiger partial charge in [-0.25, -0.2) is 4.98 Å². The summed E-state index contributed by atoms with van der Waals surface area (Å²) in [4.78, 5) is 17.2. The van der Waals surface area contributed by atoms with Crippen LogP contribution >= 0.6 is 11.8 Å². The SMILES string of the molecule is CSCc1nc2ccccc2n1CC(=O)NCC(N)c1ccc(C(C)C)cc1. The molecule has 5 nitrogen and oxygen atoms in total. The number of rotatable bonds is 8. The number of carbonyl (C=O) groups is 1. The van der Waals surface area contributed by atoms with Crippen LogP contribution in [0.25, 0.3) is 11.0 Å². The number of para-hydroxylation sites is 2. The first-order valence-corrected chi connectivity index (χ1v) is 10.9. The third kappa shape index (κ3) is 4.75. The highest BCUT2D eigenvalue weighted by Gasteiger charge is 2.14. The van der Waals surface area contributed by atoms with Crippen LogP contribution in [0.15, 0.2) is 48.5 Å². The lowest BCUT2D eigenvalue weighted by molar-refractivity contribution is -0.121. The Bertz CT molecular complexity index is 933. The molecule has 2 aromatic carbocycles. The van der Waals surface area contributed by atoms with Gasteiger partial charge in [0.1, 0.15) is 12.4 Å². The molecule has 1 aromatic heterocycles. The van der Waals surface area contributed by atoms with Crippen LogP contribution < -0.4 is 11.1 Å². The lowest BCUT2D eigenvalue weighted by Crippen LogP contribution is -2.34. The fourth-order valence-corrected chi connectivity index (χ4v) is 3.69. The molecule has 3 aromatic rings. The molecule has 3 rings (SSSR count). The minimum Gasteiger partial charge on any atom is -0.353 e. The zero-order valence-corrected chi connectivity index (χ0v) is 17.5. The molecule has 1 unspecified atom stereocenters. The van der Waals surface area contributed by atoms with Crippen molar-refractivity contribution < 1.29 is 4.79 Å². The molecule has 0 aliphatic carbocycles. The second-order valence-electron chi connectivity index (χ2n) is 7.27. The van der Waals surface area contributed by atoms with Crippen molar-refractivity contribution in [3.63, 3.8) is 0 Å². The van der Waals surface area contributed by atoms with Gasteiger partial charge in [-0.1, -0.05) is 50.2 Å². The van der Waals surface area contributed by atoms with Gasteiger partial charge in [0.15, 0.2) is 0 Å².